The average Bonchev–Trinajstić information content (AvgIpc) is 1.61. The number of nitrogens with zero attached hydrogens (tertiary/aromatic N) is 12. The first-order chi connectivity index (χ1) is 63.3. The van der Waals surface area contributed by atoms with Crippen molar-refractivity contribution in [3.05, 3.63) is 132 Å². The predicted octanol–water partition coefficient (Wildman–Crippen LogP) is 7.27. The van der Waals surface area contributed by atoms with Crippen molar-refractivity contribution in [1.82, 2.24) is 57.7 Å². The summed E-state index contributed by atoms with van der Waals surface area (Å²) in [5.74, 6) is -0.302. The second kappa shape index (κ2) is 50.4. The molecule has 5 saturated heterocycles. The van der Waals surface area contributed by atoms with Crippen LogP contribution < -0.4 is 51.4 Å². The molecule has 0 radical (unpaired) electrons. The van der Waals surface area contributed by atoms with Crippen molar-refractivity contribution in [3.63, 3.8) is 0 Å². The Morgan fingerprint density at radius 2 is 1.08 bits per heavy atom. The number of rotatable bonds is 19. The van der Waals surface area contributed by atoms with Gasteiger partial charge >= 0.3 is 22.8 Å². The monoisotopic (exact) mass is 1900 g/mol. The number of aliphatic hydroxyl groups excluding tert-OH is 3. The number of hydrogen-bond donors (Lipinski definition) is 8. The van der Waals surface area contributed by atoms with E-state index in [9.17, 15) is 46.6 Å². The number of allylic oxidation sites excluding steroid dienone is 2. The van der Waals surface area contributed by atoms with Crippen molar-refractivity contribution in [2.45, 2.75) is 255 Å². The van der Waals surface area contributed by atoms with Gasteiger partial charge in [-0.15, -0.1) is 11.8 Å². The van der Waals surface area contributed by atoms with Crippen LogP contribution in [0.25, 0.3) is 11.2 Å². The zero-order valence-electron chi connectivity index (χ0n) is 78.3. The zero-order chi connectivity index (χ0) is 97.5. The van der Waals surface area contributed by atoms with Gasteiger partial charge in [0.15, 0.2) is 83.5 Å². The number of anilines is 5. The van der Waals surface area contributed by atoms with Crippen LogP contribution >= 0.6 is 11.8 Å². The lowest BCUT2D eigenvalue weighted by atomic mass is 9.47. The normalized spacial score (nSPS) is 31.3. The Bertz CT molecular complexity index is 5090. The van der Waals surface area contributed by atoms with Crippen LogP contribution in [0.3, 0.4) is 0 Å². The first kappa shape index (κ1) is 108. The summed E-state index contributed by atoms with van der Waals surface area (Å²) in [6.45, 7) is 18.0. The zero-order valence-corrected chi connectivity index (χ0v) is 79.1. The fourth-order valence-corrected chi connectivity index (χ4v) is 18.9. The van der Waals surface area contributed by atoms with Gasteiger partial charge in [-0.25, -0.2) is 46.7 Å². The maximum absolute atomic E-state index is 13.2. The van der Waals surface area contributed by atoms with E-state index in [0.717, 1.165) is 109 Å². The molecule has 17 rings (SSSR count). The third-order valence-electron chi connectivity index (χ3n) is 25.3. The van der Waals surface area contributed by atoms with Crippen molar-refractivity contribution in [3.8, 4) is 0 Å². The summed E-state index contributed by atoms with van der Waals surface area (Å²) in [4.78, 5) is 84.7. The molecular formula is C88H133F4N17O23S. The van der Waals surface area contributed by atoms with Crippen molar-refractivity contribution in [2.24, 2.45) is 40.4 Å². The van der Waals surface area contributed by atoms with Crippen molar-refractivity contribution >= 4 is 57.9 Å². The number of aliphatic hydroxyl groups is 3. The molecule has 13 N–H and O–H groups in total. The standard InChI is InChI=1S/C21H32O.C10H14FN3O3.C10H12FN3O3.C9H12FN3O3.C9H10FN3O3.C9H13N5OS.2C7H14O3.C6H12O3/c1-13-7-9-20(3)15(11-13)5-6-16-17(20)8-10-21(4)18(16)12-14(2)19(21)22;2*1-16-5-6-2-3-8(17-6)14-4-7(11)9(12)13-10(14)15;2*1-15-7-3-2-6(16-7)13-4-5(10)8(11)12-9(13)14;1-15-4-3-14-5-11-6-7(14)12-9(10)13-8(6)16-2;1-5-3-6(8)7(10-5)4-9-2;1-5-3-6(9-2)7(4-8)10-5;1-4-3-5(7)6(8-2)9-4/h5,13-14,16-18H,6-12H2,1-4H3;4,6,8H,2-3,5H2,1H3,(H2,12,13,15);2-4,6,8H,5H2,1H3,(H2,12,13,15);4,6-7H,2-3H2,1H3,(H2,11,12,14);2-4,6-7H,1H3,(H2,11,12,14);5H,3-4H2,1-2H3,(H2,10,12,13);2*5-8H,3-4H2,1-2H3;4-7H,3H2,1-2H3/t13-,14?,16?,17?,18?,20-,21-;2*6-,8+;2*6-,7+;;2*5-,6-,7+;4-,5-,6-/m01100.111/s1. The van der Waals surface area contributed by atoms with E-state index in [2.05, 4.69) is 68.7 Å². The molecular weight excluding hydrogens is 1770 g/mol. The van der Waals surface area contributed by atoms with E-state index >= 15 is 0 Å². The Labute approximate surface area is 773 Å². The number of imidazole rings is 1. The fraction of sp³-hybridized carbons (Fsp3) is 0.682. The van der Waals surface area contributed by atoms with Crippen LogP contribution in [0.1, 0.15) is 163 Å². The van der Waals surface area contributed by atoms with Gasteiger partial charge in [-0.05, 0) is 139 Å². The fourth-order valence-electron chi connectivity index (χ4n) is 18.4. The number of carbonyl (C=O) groups excluding carboxylic acids is 1. The number of nitrogen functional groups attached to an aromatic ring is 5. The number of Topliss-reactive ketones (excluding diaryl/α,β-unsaturated/α-hetero) is 1. The number of methoxy groups -OCH3 is 8. The van der Waals surface area contributed by atoms with Crippen molar-refractivity contribution < 1.29 is 109 Å². The Kier molecular flexibility index (Phi) is 40.9. The van der Waals surface area contributed by atoms with E-state index in [1.165, 1.54) is 65.2 Å². The molecule has 45 heteroatoms. The molecule has 8 fully saturated rings. The molecule has 13 heterocycles. The largest absolute Gasteiger partial charge is 0.394 e. The van der Waals surface area contributed by atoms with Gasteiger partial charge in [-0.1, -0.05) is 45.4 Å². The summed E-state index contributed by atoms with van der Waals surface area (Å²) in [6, 6.07) is 0. The molecule has 6 aromatic heterocycles. The van der Waals surface area contributed by atoms with Crippen molar-refractivity contribution in [2.75, 3.05) is 125 Å². The van der Waals surface area contributed by atoms with Crippen LogP contribution in [0.5, 0.6) is 0 Å². The third-order valence-corrected chi connectivity index (χ3v) is 25.9. The molecule has 0 aromatic carbocycles. The minimum atomic E-state index is -0.766. The third kappa shape index (κ3) is 28.1. The highest BCUT2D eigenvalue weighted by Crippen LogP contribution is 2.65. The summed E-state index contributed by atoms with van der Waals surface area (Å²) in [5.41, 5.74) is 27.6. The Morgan fingerprint density at radius 1 is 0.534 bits per heavy atom. The smallest absolute Gasteiger partial charge is 0.352 e. The van der Waals surface area contributed by atoms with Crippen LogP contribution in [-0.2, 0) is 82.4 Å². The van der Waals surface area contributed by atoms with E-state index < -0.39 is 113 Å². The molecule has 24 atom stereocenters. The number of ether oxygens (including phenoxy) is 15. The lowest BCUT2D eigenvalue weighted by Gasteiger charge is -2.57. The van der Waals surface area contributed by atoms with E-state index in [1.54, 1.807) is 71.8 Å². The van der Waals surface area contributed by atoms with Crippen LogP contribution in [-0.4, -0.2) is 255 Å². The number of carbonyl (C=O) groups is 1. The molecule has 0 amide bonds. The van der Waals surface area contributed by atoms with Crippen molar-refractivity contribution in [1.29, 1.82) is 0 Å². The average molecular weight is 1910 g/mol. The molecule has 0 spiro atoms. The van der Waals surface area contributed by atoms with Gasteiger partial charge in [0.05, 0.1) is 101 Å². The molecule has 133 heavy (non-hydrogen) atoms. The van der Waals surface area contributed by atoms with Gasteiger partial charge in [-0.3, -0.25) is 23.1 Å². The second-order valence-electron chi connectivity index (χ2n) is 34.7. The number of fused-ring (bicyclic) bond motifs is 6. The van der Waals surface area contributed by atoms with Crippen LogP contribution in [0.2, 0.25) is 0 Å². The Morgan fingerprint density at radius 3 is 1.58 bits per heavy atom. The molecule has 6 aromatic rings. The van der Waals surface area contributed by atoms with Gasteiger partial charge < -0.3 is 120 Å². The van der Waals surface area contributed by atoms with E-state index in [0.29, 0.717) is 81.7 Å². The number of aromatic nitrogens is 12. The molecule has 4 unspecified atom stereocenters. The Balaban J connectivity index is 0.000000170. The molecule has 742 valence electrons. The summed E-state index contributed by atoms with van der Waals surface area (Å²) in [6.07, 6.45) is 26.3. The number of thioether (sulfide) groups is 1. The highest BCUT2D eigenvalue weighted by molar-refractivity contribution is 7.98. The summed E-state index contributed by atoms with van der Waals surface area (Å²) < 4.78 is 136. The minimum absolute atomic E-state index is 0.00421. The first-order valence-corrected chi connectivity index (χ1v) is 45.5. The summed E-state index contributed by atoms with van der Waals surface area (Å²) in [7, 11) is 12.5. The molecule has 3 saturated carbocycles. The first-order valence-electron chi connectivity index (χ1n) is 44.2. The number of hydrogen-bond acceptors (Lipinski definition) is 36. The quantitative estimate of drug-likeness (QED) is 0.0171. The molecule has 0 bridgehead atoms. The number of nitrogens with two attached hydrogens (primary N) is 5. The number of ketones is 1. The Hall–Kier alpha value is -8.69. The molecule has 4 aliphatic carbocycles. The highest BCUT2D eigenvalue weighted by Gasteiger charge is 2.60. The van der Waals surface area contributed by atoms with E-state index in [-0.39, 0.29) is 79.2 Å². The maximum atomic E-state index is 13.2. The van der Waals surface area contributed by atoms with Gasteiger partial charge in [0.1, 0.15) is 53.2 Å². The van der Waals surface area contributed by atoms with Gasteiger partial charge in [0.25, 0.3) is 0 Å². The van der Waals surface area contributed by atoms with E-state index in [4.69, 9.17) is 110 Å². The van der Waals surface area contributed by atoms with Crippen LogP contribution in [0.15, 0.2) is 91.3 Å². The second-order valence-corrected chi connectivity index (χ2v) is 35.5. The van der Waals surface area contributed by atoms with Gasteiger partial charge in [-0.2, -0.15) is 24.9 Å². The SMILES string of the molecule is CC1CC2C3CC=C4C[C@@H](C)CC[C@]4(C)C3CC[C@]2(C)C1=O.COCCn1cnc2c(SC)nc(N)nc21.COC[C@@H]1O[C@H](C)C[C@H]1O.COC[C@H]1C=C[C@@H](n2cc(F)c(N)nc2=O)O1.COC[C@H]1CC[C@@H](n2cc(F)c(N)nc2=O)O1.CO[C@@H]1C[C@@H](C)O[C@H]1CO.CO[C@@H]1O[C@H](C)C[C@H]1O.CO[C@H]1C=C[C@@H](n2cc(F)c(N)nc2=O)O1.CO[C@H]1CC[C@@H](n2cc(F)c(N)nc2=O)O1. The highest BCUT2D eigenvalue weighted by atomic mass is 32.2. The number of halogens is 4. The molecule has 7 aliphatic heterocycles. The van der Waals surface area contributed by atoms with E-state index in [1.807, 2.05) is 31.6 Å². The lowest BCUT2D eigenvalue weighted by Crippen LogP contribution is -2.50. The topological polar surface area (TPSA) is 529 Å². The van der Waals surface area contributed by atoms with Gasteiger partial charge in [0, 0.05) is 100 Å². The summed E-state index contributed by atoms with van der Waals surface area (Å²) >= 11 is 1.51. The minimum Gasteiger partial charge on any atom is -0.394 e. The maximum Gasteiger partial charge on any atom is 0.352 e. The van der Waals surface area contributed by atoms with Crippen LogP contribution in [0.4, 0.5) is 46.8 Å². The predicted molar refractivity (Wildman–Crippen MR) is 481 cm³/mol. The van der Waals surface area contributed by atoms with Gasteiger partial charge in [0.2, 0.25) is 5.95 Å². The van der Waals surface area contributed by atoms with Crippen LogP contribution in [0, 0.1) is 63.7 Å². The lowest BCUT2D eigenvalue weighted by molar-refractivity contribution is -0.145. The molecule has 40 nitrogen and oxygen atoms in total. The molecule has 11 aliphatic rings. The summed E-state index contributed by atoms with van der Waals surface area (Å²) in [5, 5.41) is 28.0.